The Hall–Kier alpha value is -1.61. The Labute approximate surface area is 98.7 Å². The number of carbonyl (C=O) groups excluding carboxylic acids is 1. The molecule has 2 nitrogen and oxygen atoms in total. The van der Waals surface area contributed by atoms with Crippen LogP contribution in [0.3, 0.4) is 0 Å². The van der Waals surface area contributed by atoms with Crippen LogP contribution in [0, 0.1) is 0 Å². The Morgan fingerprint density at radius 1 is 1.12 bits per heavy atom. The van der Waals surface area contributed by atoms with Crippen molar-refractivity contribution in [2.75, 3.05) is 0 Å². The van der Waals surface area contributed by atoms with Crippen LogP contribution in [0.2, 0.25) is 0 Å². The minimum atomic E-state index is 0.101. The number of hydrogen-bond donors (Lipinski definition) is 0. The molecule has 0 bridgehead atoms. The molecule has 0 fully saturated rings. The van der Waals surface area contributed by atoms with Crippen molar-refractivity contribution in [1.29, 1.82) is 0 Å². The molecule has 0 atom stereocenters. The molecule has 1 aromatic heterocycles. The molecule has 3 heteroatoms. The summed E-state index contributed by atoms with van der Waals surface area (Å²) in [6.45, 7) is 0. The van der Waals surface area contributed by atoms with E-state index in [2.05, 4.69) is 4.98 Å². The van der Waals surface area contributed by atoms with E-state index in [0.717, 1.165) is 11.1 Å². The summed E-state index contributed by atoms with van der Waals surface area (Å²) >= 11 is 1.30. The van der Waals surface area contributed by atoms with Gasteiger partial charge in [-0.3, -0.25) is 9.78 Å². The van der Waals surface area contributed by atoms with Crippen molar-refractivity contribution in [2.24, 2.45) is 0 Å². The van der Waals surface area contributed by atoms with Crippen LogP contribution in [0.1, 0.15) is 15.9 Å². The van der Waals surface area contributed by atoms with Gasteiger partial charge in [-0.2, -0.15) is 0 Å². The highest BCUT2D eigenvalue weighted by atomic mass is 32.2. The molecule has 0 aliphatic rings. The van der Waals surface area contributed by atoms with Gasteiger partial charge in [-0.1, -0.05) is 48.2 Å². The smallest absolute Gasteiger partial charge is 0.219 e. The Bertz CT molecular complexity index is 456. The highest BCUT2D eigenvalue weighted by molar-refractivity contribution is 8.13. The zero-order valence-electron chi connectivity index (χ0n) is 8.67. The molecule has 0 unspecified atom stereocenters. The van der Waals surface area contributed by atoms with Crippen molar-refractivity contribution < 1.29 is 4.79 Å². The second-order valence-corrected chi connectivity index (χ2v) is 4.25. The zero-order valence-corrected chi connectivity index (χ0v) is 9.48. The van der Waals surface area contributed by atoms with Crippen LogP contribution in [0.15, 0.2) is 54.9 Å². The van der Waals surface area contributed by atoms with E-state index in [1.54, 1.807) is 12.4 Å². The molecule has 0 amide bonds. The minimum absolute atomic E-state index is 0.101. The molecule has 1 aromatic carbocycles. The van der Waals surface area contributed by atoms with E-state index in [9.17, 15) is 4.79 Å². The molecule has 1 heterocycles. The fourth-order valence-electron chi connectivity index (χ4n) is 1.29. The van der Waals surface area contributed by atoms with E-state index in [1.165, 1.54) is 11.8 Å². The minimum Gasteiger partial charge on any atom is -0.282 e. The third kappa shape index (κ3) is 2.94. The Morgan fingerprint density at radius 3 is 2.62 bits per heavy atom. The fraction of sp³-hybridized carbons (Fsp3) is 0.0769. The van der Waals surface area contributed by atoms with Gasteiger partial charge in [0, 0.05) is 23.7 Å². The normalized spacial score (nSPS) is 10.0. The topological polar surface area (TPSA) is 30.0 Å². The fourth-order valence-corrected chi connectivity index (χ4v) is 2.06. The third-order valence-electron chi connectivity index (χ3n) is 2.10. The second-order valence-electron chi connectivity index (χ2n) is 3.30. The second kappa shape index (κ2) is 5.47. The van der Waals surface area contributed by atoms with E-state index in [0.29, 0.717) is 5.75 Å². The molecule has 0 radical (unpaired) electrons. The van der Waals surface area contributed by atoms with Gasteiger partial charge < -0.3 is 0 Å². The van der Waals surface area contributed by atoms with Crippen LogP contribution in [-0.4, -0.2) is 10.1 Å². The van der Waals surface area contributed by atoms with E-state index >= 15 is 0 Å². The van der Waals surface area contributed by atoms with Gasteiger partial charge >= 0.3 is 0 Å². The highest BCUT2D eigenvalue weighted by Gasteiger charge is 2.05. The molecule has 2 rings (SSSR count). The Morgan fingerprint density at radius 2 is 1.94 bits per heavy atom. The van der Waals surface area contributed by atoms with E-state index in [-0.39, 0.29) is 5.12 Å². The number of aromatic nitrogens is 1. The van der Waals surface area contributed by atoms with E-state index in [4.69, 9.17) is 0 Å². The summed E-state index contributed by atoms with van der Waals surface area (Å²) < 4.78 is 0. The standard InChI is InChI=1S/C13H11NOS/c15-13(12-6-2-1-3-7-12)16-10-11-5-4-8-14-9-11/h1-9H,10H2. The molecule has 0 N–H and O–H groups in total. The number of benzene rings is 1. The molecule has 0 saturated carbocycles. The van der Waals surface area contributed by atoms with Gasteiger partial charge in [0.1, 0.15) is 0 Å². The first-order valence-electron chi connectivity index (χ1n) is 4.97. The summed E-state index contributed by atoms with van der Waals surface area (Å²) in [4.78, 5) is 15.8. The molecule has 0 aliphatic heterocycles. The summed E-state index contributed by atoms with van der Waals surface area (Å²) in [7, 11) is 0. The van der Waals surface area contributed by atoms with Gasteiger partial charge in [-0.05, 0) is 11.6 Å². The molecule has 80 valence electrons. The van der Waals surface area contributed by atoms with Crippen molar-refractivity contribution in [3.8, 4) is 0 Å². The van der Waals surface area contributed by atoms with Gasteiger partial charge in [0.2, 0.25) is 5.12 Å². The highest BCUT2D eigenvalue weighted by Crippen LogP contribution is 2.16. The number of hydrogen-bond acceptors (Lipinski definition) is 3. The lowest BCUT2D eigenvalue weighted by molar-refractivity contribution is 0.108. The van der Waals surface area contributed by atoms with Gasteiger partial charge in [-0.15, -0.1) is 0 Å². The van der Waals surface area contributed by atoms with Crippen LogP contribution in [0.5, 0.6) is 0 Å². The van der Waals surface area contributed by atoms with E-state index in [1.807, 2.05) is 42.5 Å². The molecule has 0 spiro atoms. The average molecular weight is 229 g/mol. The summed E-state index contributed by atoms with van der Waals surface area (Å²) in [6, 6.07) is 13.2. The van der Waals surface area contributed by atoms with Crippen molar-refractivity contribution in [3.63, 3.8) is 0 Å². The SMILES string of the molecule is O=C(SCc1cccnc1)c1ccccc1. The van der Waals surface area contributed by atoms with Crippen molar-refractivity contribution >= 4 is 16.9 Å². The lowest BCUT2D eigenvalue weighted by atomic mass is 10.2. The summed E-state index contributed by atoms with van der Waals surface area (Å²) in [6.07, 6.45) is 3.51. The molecule has 2 aromatic rings. The molecule has 0 aliphatic carbocycles. The molecule has 0 saturated heterocycles. The third-order valence-corrected chi connectivity index (χ3v) is 3.08. The van der Waals surface area contributed by atoms with Crippen LogP contribution < -0.4 is 0 Å². The van der Waals surface area contributed by atoms with Gasteiger partial charge in [0.05, 0.1) is 0 Å². The van der Waals surface area contributed by atoms with Gasteiger partial charge in [0.25, 0.3) is 0 Å². The molecular weight excluding hydrogens is 218 g/mol. The number of pyridine rings is 1. The predicted molar refractivity (Wildman–Crippen MR) is 66.3 cm³/mol. The number of rotatable bonds is 3. The number of carbonyl (C=O) groups is 1. The number of thioether (sulfide) groups is 1. The van der Waals surface area contributed by atoms with Gasteiger partial charge in [0.15, 0.2) is 0 Å². The van der Waals surface area contributed by atoms with Crippen molar-refractivity contribution in [2.45, 2.75) is 5.75 Å². The lowest BCUT2D eigenvalue weighted by Crippen LogP contribution is -1.93. The van der Waals surface area contributed by atoms with Crippen molar-refractivity contribution in [3.05, 3.63) is 66.0 Å². The monoisotopic (exact) mass is 229 g/mol. The number of nitrogens with zero attached hydrogens (tertiary/aromatic N) is 1. The zero-order chi connectivity index (χ0) is 11.2. The van der Waals surface area contributed by atoms with Crippen LogP contribution in [0.25, 0.3) is 0 Å². The maximum Gasteiger partial charge on any atom is 0.219 e. The first-order chi connectivity index (χ1) is 7.86. The van der Waals surface area contributed by atoms with E-state index < -0.39 is 0 Å². The van der Waals surface area contributed by atoms with Crippen LogP contribution in [0.4, 0.5) is 0 Å². The largest absolute Gasteiger partial charge is 0.282 e. The van der Waals surface area contributed by atoms with Crippen LogP contribution >= 0.6 is 11.8 Å². The first kappa shape index (κ1) is 10.9. The summed E-state index contributed by atoms with van der Waals surface area (Å²) in [5.74, 6) is 0.668. The maximum atomic E-state index is 11.8. The van der Waals surface area contributed by atoms with Crippen molar-refractivity contribution in [1.82, 2.24) is 4.98 Å². The molecule has 16 heavy (non-hydrogen) atoms. The lowest BCUT2D eigenvalue weighted by Gasteiger charge is -2.00. The summed E-state index contributed by atoms with van der Waals surface area (Å²) in [5.41, 5.74) is 1.81. The quantitative estimate of drug-likeness (QED) is 0.809. The first-order valence-corrected chi connectivity index (χ1v) is 5.96. The maximum absolute atomic E-state index is 11.8. The van der Waals surface area contributed by atoms with Gasteiger partial charge in [-0.25, -0.2) is 0 Å². The molecular formula is C13H11NOS. The Kier molecular flexibility index (Phi) is 3.72. The predicted octanol–water partition coefficient (Wildman–Crippen LogP) is 3.16. The average Bonchev–Trinajstić information content (AvgIpc) is 2.38. The van der Waals surface area contributed by atoms with Crippen LogP contribution in [-0.2, 0) is 5.75 Å². The summed E-state index contributed by atoms with van der Waals surface area (Å²) in [5, 5.41) is 0.101. The Balaban J connectivity index is 1.95.